The minimum Gasteiger partial charge on any atom is -0.392 e. The first-order chi connectivity index (χ1) is 7.79. The lowest BCUT2D eigenvalue weighted by Gasteiger charge is -2.02. The second kappa shape index (κ2) is 3.14. The molecule has 6 heteroatoms. The van der Waals surface area contributed by atoms with Gasteiger partial charge in [0, 0.05) is 18.6 Å². The Bertz CT molecular complexity index is 728. The number of nitrogens with zero attached hydrogens (tertiary/aromatic N) is 3. The van der Waals surface area contributed by atoms with Crippen molar-refractivity contribution in [2.24, 2.45) is 0 Å². The molecular weight excluding hydrogens is 208 g/mol. The van der Waals surface area contributed by atoms with Gasteiger partial charge in [0.05, 0.1) is 12.1 Å². The summed E-state index contributed by atoms with van der Waals surface area (Å²) in [6.07, 6.45) is 4.80. The van der Waals surface area contributed by atoms with Gasteiger partial charge in [-0.3, -0.25) is 9.20 Å². The quantitative estimate of drug-likeness (QED) is 0.602. The van der Waals surface area contributed by atoms with E-state index in [-0.39, 0.29) is 12.2 Å². The number of fused-ring (bicyclic) bond motifs is 3. The van der Waals surface area contributed by atoms with Crippen LogP contribution < -0.4 is 5.56 Å². The molecule has 0 aliphatic rings. The van der Waals surface area contributed by atoms with Crippen LogP contribution in [0.15, 0.2) is 29.5 Å². The highest BCUT2D eigenvalue weighted by Crippen LogP contribution is 2.10. The molecule has 0 amide bonds. The first-order valence-electron chi connectivity index (χ1n) is 4.74. The van der Waals surface area contributed by atoms with Gasteiger partial charge in [-0.2, -0.15) is 0 Å². The average molecular weight is 216 g/mol. The predicted octanol–water partition coefficient (Wildman–Crippen LogP) is 0.0631. The number of aromatic nitrogens is 4. The molecule has 0 atom stereocenters. The number of rotatable bonds is 1. The Kier molecular flexibility index (Phi) is 1.78. The van der Waals surface area contributed by atoms with Crippen molar-refractivity contribution in [3.05, 3.63) is 40.6 Å². The van der Waals surface area contributed by atoms with Gasteiger partial charge in [0.1, 0.15) is 0 Å². The van der Waals surface area contributed by atoms with E-state index < -0.39 is 0 Å². The zero-order valence-corrected chi connectivity index (χ0v) is 8.21. The average Bonchev–Trinajstić information content (AvgIpc) is 2.78. The summed E-state index contributed by atoms with van der Waals surface area (Å²) < 4.78 is 1.62. The van der Waals surface area contributed by atoms with Gasteiger partial charge in [0.15, 0.2) is 5.65 Å². The molecule has 0 unspecified atom stereocenters. The number of H-pyrrole nitrogens is 1. The van der Waals surface area contributed by atoms with Crippen LogP contribution in [0, 0.1) is 0 Å². The number of nitrogens with one attached hydrogen (secondary N) is 1. The summed E-state index contributed by atoms with van der Waals surface area (Å²) in [5.41, 5.74) is 1.90. The number of hydrogen-bond acceptors (Lipinski definition) is 4. The topological polar surface area (TPSA) is 83.3 Å². The van der Waals surface area contributed by atoms with E-state index in [1.807, 2.05) is 0 Å². The van der Waals surface area contributed by atoms with E-state index >= 15 is 0 Å². The summed E-state index contributed by atoms with van der Waals surface area (Å²) in [7, 11) is 0. The van der Waals surface area contributed by atoms with Crippen LogP contribution in [-0.4, -0.2) is 24.5 Å². The fourth-order valence-corrected chi connectivity index (χ4v) is 1.69. The van der Waals surface area contributed by atoms with Gasteiger partial charge in [-0.1, -0.05) is 0 Å². The van der Waals surface area contributed by atoms with E-state index in [4.69, 9.17) is 5.11 Å². The summed E-state index contributed by atoms with van der Waals surface area (Å²) in [6, 6.07) is 1.70. The first-order valence-corrected chi connectivity index (χ1v) is 4.74. The molecule has 0 fully saturated rings. The third kappa shape index (κ3) is 1.13. The molecule has 0 saturated heterocycles. The summed E-state index contributed by atoms with van der Waals surface area (Å²) >= 11 is 0. The highest BCUT2D eigenvalue weighted by atomic mass is 16.3. The molecule has 0 aliphatic heterocycles. The van der Waals surface area contributed by atoms with Crippen LogP contribution >= 0.6 is 0 Å². The monoisotopic (exact) mass is 216 g/mol. The third-order valence-electron chi connectivity index (χ3n) is 2.43. The Morgan fingerprint density at radius 1 is 1.38 bits per heavy atom. The number of aliphatic hydroxyl groups excluding tert-OH is 1. The summed E-state index contributed by atoms with van der Waals surface area (Å²) in [5.74, 6) is 0. The van der Waals surface area contributed by atoms with Crippen molar-refractivity contribution < 1.29 is 5.11 Å². The minimum absolute atomic E-state index is 0.104. The van der Waals surface area contributed by atoms with E-state index in [1.165, 1.54) is 0 Å². The Balaban J connectivity index is 2.53. The molecule has 2 N–H and O–H groups in total. The standard InChI is InChI=1S/C10H8N4O2/c15-5-6-3-7-8(12-4-6)14-2-1-11-9(14)10(16)13-7/h1-4,15H,5H2,(H,13,16). The van der Waals surface area contributed by atoms with Crippen LogP contribution in [-0.2, 0) is 6.61 Å². The van der Waals surface area contributed by atoms with E-state index in [1.54, 1.807) is 29.1 Å². The first kappa shape index (κ1) is 9.05. The maximum atomic E-state index is 11.6. The molecular formula is C10H8N4O2. The van der Waals surface area contributed by atoms with Gasteiger partial charge in [0.25, 0.3) is 5.56 Å². The Labute approximate surface area is 89.2 Å². The van der Waals surface area contributed by atoms with Crippen molar-refractivity contribution in [1.82, 2.24) is 19.4 Å². The van der Waals surface area contributed by atoms with Gasteiger partial charge in [-0.15, -0.1) is 0 Å². The molecule has 0 aliphatic carbocycles. The zero-order chi connectivity index (χ0) is 11.1. The van der Waals surface area contributed by atoms with Crippen molar-refractivity contribution in [2.75, 3.05) is 0 Å². The van der Waals surface area contributed by atoms with Crippen LogP contribution in [0.5, 0.6) is 0 Å². The van der Waals surface area contributed by atoms with Crippen molar-refractivity contribution in [3.63, 3.8) is 0 Å². The largest absolute Gasteiger partial charge is 0.392 e. The molecule has 3 aromatic heterocycles. The van der Waals surface area contributed by atoms with Gasteiger partial charge < -0.3 is 10.1 Å². The number of hydrogen-bond donors (Lipinski definition) is 2. The molecule has 0 aromatic carbocycles. The van der Waals surface area contributed by atoms with E-state index in [2.05, 4.69) is 15.0 Å². The molecule has 80 valence electrons. The van der Waals surface area contributed by atoms with Crippen molar-refractivity contribution in [3.8, 4) is 0 Å². The molecule has 0 spiro atoms. The second-order valence-corrected chi connectivity index (χ2v) is 3.45. The Morgan fingerprint density at radius 2 is 2.25 bits per heavy atom. The maximum absolute atomic E-state index is 11.6. The third-order valence-corrected chi connectivity index (χ3v) is 2.43. The molecule has 3 aromatic rings. The second-order valence-electron chi connectivity index (χ2n) is 3.45. The lowest BCUT2D eigenvalue weighted by molar-refractivity contribution is 0.281. The summed E-state index contributed by atoms with van der Waals surface area (Å²) in [6.45, 7) is -0.104. The summed E-state index contributed by atoms with van der Waals surface area (Å²) in [5, 5.41) is 8.99. The van der Waals surface area contributed by atoms with E-state index in [0.29, 0.717) is 22.4 Å². The molecule has 0 radical (unpaired) electrons. The number of pyridine rings is 1. The van der Waals surface area contributed by atoms with E-state index in [0.717, 1.165) is 0 Å². The fraction of sp³-hybridized carbons (Fsp3) is 0.100. The lowest BCUT2D eigenvalue weighted by Crippen LogP contribution is -2.11. The molecule has 0 bridgehead atoms. The van der Waals surface area contributed by atoms with Crippen LogP contribution in [0.4, 0.5) is 0 Å². The number of aliphatic hydroxyl groups is 1. The molecule has 3 rings (SSSR count). The highest BCUT2D eigenvalue weighted by Gasteiger charge is 2.06. The van der Waals surface area contributed by atoms with Crippen LogP contribution in [0.2, 0.25) is 0 Å². The van der Waals surface area contributed by atoms with Gasteiger partial charge in [-0.05, 0) is 11.6 Å². The normalized spacial score (nSPS) is 11.3. The van der Waals surface area contributed by atoms with Gasteiger partial charge in [0.2, 0.25) is 5.65 Å². The van der Waals surface area contributed by atoms with Crippen LogP contribution in [0.1, 0.15) is 5.56 Å². The minimum atomic E-state index is -0.269. The molecule has 0 saturated carbocycles. The lowest BCUT2D eigenvalue weighted by atomic mass is 10.3. The van der Waals surface area contributed by atoms with Crippen molar-refractivity contribution >= 4 is 16.8 Å². The highest BCUT2D eigenvalue weighted by molar-refractivity contribution is 5.73. The fourth-order valence-electron chi connectivity index (χ4n) is 1.69. The SMILES string of the molecule is O=c1[nH]c2cc(CO)cnc2n2ccnc12. The molecule has 16 heavy (non-hydrogen) atoms. The Hall–Kier alpha value is -2.21. The maximum Gasteiger partial charge on any atom is 0.292 e. The van der Waals surface area contributed by atoms with Crippen molar-refractivity contribution in [2.45, 2.75) is 6.61 Å². The van der Waals surface area contributed by atoms with Crippen LogP contribution in [0.3, 0.4) is 0 Å². The van der Waals surface area contributed by atoms with E-state index in [9.17, 15) is 4.79 Å². The van der Waals surface area contributed by atoms with Gasteiger partial charge in [-0.25, -0.2) is 9.97 Å². The molecule has 6 nitrogen and oxygen atoms in total. The van der Waals surface area contributed by atoms with Crippen molar-refractivity contribution in [1.29, 1.82) is 0 Å². The zero-order valence-electron chi connectivity index (χ0n) is 8.21. The molecule has 3 heterocycles. The summed E-state index contributed by atoms with van der Waals surface area (Å²) in [4.78, 5) is 22.4. The van der Waals surface area contributed by atoms with Crippen LogP contribution in [0.25, 0.3) is 16.8 Å². The predicted molar refractivity (Wildman–Crippen MR) is 57.0 cm³/mol. The Morgan fingerprint density at radius 3 is 3.06 bits per heavy atom. The number of imidazole rings is 1. The smallest absolute Gasteiger partial charge is 0.292 e. The van der Waals surface area contributed by atoms with Gasteiger partial charge >= 0.3 is 0 Å². The number of aromatic amines is 1.